The number of aromatic nitrogens is 3. The molecule has 144 valence electrons. The van der Waals surface area contributed by atoms with Crippen LogP contribution >= 0.6 is 0 Å². The third-order valence-electron chi connectivity index (χ3n) is 6.25. The smallest absolute Gasteiger partial charge is 0.317 e. The number of nitrogens with zero attached hydrogens (tertiary/aromatic N) is 3. The third kappa shape index (κ3) is 2.38. The van der Waals surface area contributed by atoms with Crippen molar-refractivity contribution >= 4 is 11.8 Å². The van der Waals surface area contributed by atoms with Crippen molar-refractivity contribution in [2.24, 2.45) is 11.3 Å². The average molecular weight is 379 g/mol. The van der Waals surface area contributed by atoms with Crippen LogP contribution < -0.4 is 4.74 Å². The highest BCUT2D eigenvalue weighted by Gasteiger charge is 2.58. The predicted octanol–water partition coefficient (Wildman–Crippen LogP) is 2.60. The standard InChI is InChI=1S/C21H21N3O4/c1-20-9-6-15(25)21(2,19(26)27)14(20)5-4-13-16(20)23-17(24-18(13)28-3)12-7-10-22-11-8-12/h6-11,14H,4-5H2,1-3H3,(H,26,27)/t14-,20+,21+/m0/s1. The van der Waals surface area contributed by atoms with Crippen LogP contribution in [0.1, 0.15) is 31.5 Å². The number of carbonyl (C=O) groups is 2. The largest absolute Gasteiger partial charge is 0.481 e. The lowest BCUT2D eigenvalue weighted by Crippen LogP contribution is -2.55. The quantitative estimate of drug-likeness (QED) is 0.818. The van der Waals surface area contributed by atoms with E-state index in [1.54, 1.807) is 25.6 Å². The number of rotatable bonds is 3. The topological polar surface area (TPSA) is 102 Å². The first-order valence-corrected chi connectivity index (χ1v) is 9.15. The van der Waals surface area contributed by atoms with E-state index in [0.717, 1.165) is 16.8 Å². The van der Waals surface area contributed by atoms with E-state index >= 15 is 0 Å². The molecule has 7 nitrogen and oxygen atoms in total. The molecule has 0 bridgehead atoms. The molecule has 0 fully saturated rings. The van der Waals surface area contributed by atoms with E-state index in [1.165, 1.54) is 13.0 Å². The Morgan fingerprint density at radius 2 is 1.96 bits per heavy atom. The highest BCUT2D eigenvalue weighted by Crippen LogP contribution is 2.54. The minimum Gasteiger partial charge on any atom is -0.481 e. The van der Waals surface area contributed by atoms with Gasteiger partial charge in [0.1, 0.15) is 5.41 Å². The number of pyridine rings is 1. The maximum Gasteiger partial charge on any atom is 0.317 e. The molecule has 0 aliphatic heterocycles. The maximum atomic E-state index is 12.5. The zero-order valence-corrected chi connectivity index (χ0v) is 16.0. The molecule has 0 aromatic carbocycles. The minimum absolute atomic E-state index is 0.374. The van der Waals surface area contributed by atoms with Crippen LogP contribution in [0.3, 0.4) is 0 Å². The van der Waals surface area contributed by atoms with Crippen LogP contribution in [0.5, 0.6) is 5.88 Å². The van der Waals surface area contributed by atoms with Crippen LogP contribution in [-0.4, -0.2) is 38.9 Å². The number of carboxylic acid groups (broad SMARTS) is 1. The molecular weight excluding hydrogens is 358 g/mol. The van der Waals surface area contributed by atoms with Crippen molar-refractivity contribution in [3.8, 4) is 17.3 Å². The molecule has 2 heterocycles. The predicted molar refractivity (Wildman–Crippen MR) is 101 cm³/mol. The Morgan fingerprint density at radius 3 is 2.61 bits per heavy atom. The number of carboxylic acids is 1. The Morgan fingerprint density at radius 1 is 1.25 bits per heavy atom. The number of carbonyl (C=O) groups excluding carboxylic acids is 1. The second kappa shape index (κ2) is 6.22. The Bertz CT molecular complexity index is 1000. The van der Waals surface area contributed by atoms with Gasteiger partial charge in [-0.25, -0.2) is 4.98 Å². The number of methoxy groups -OCH3 is 1. The number of hydrogen-bond donors (Lipinski definition) is 1. The zero-order chi connectivity index (χ0) is 20.1. The van der Waals surface area contributed by atoms with Gasteiger partial charge in [0, 0.05) is 28.9 Å². The molecule has 0 spiro atoms. The van der Waals surface area contributed by atoms with Gasteiger partial charge in [0.25, 0.3) is 0 Å². The van der Waals surface area contributed by atoms with E-state index < -0.39 is 22.7 Å². The second-order valence-electron chi connectivity index (χ2n) is 7.70. The van der Waals surface area contributed by atoms with Gasteiger partial charge in [-0.2, -0.15) is 4.98 Å². The minimum atomic E-state index is -1.49. The summed E-state index contributed by atoms with van der Waals surface area (Å²) in [5.74, 6) is -0.911. The lowest BCUT2D eigenvalue weighted by atomic mass is 9.53. The van der Waals surface area contributed by atoms with Crippen molar-refractivity contribution in [3.63, 3.8) is 0 Å². The molecule has 0 radical (unpaired) electrons. The van der Waals surface area contributed by atoms with Crippen molar-refractivity contribution in [3.05, 3.63) is 47.9 Å². The summed E-state index contributed by atoms with van der Waals surface area (Å²) < 4.78 is 5.55. The van der Waals surface area contributed by atoms with E-state index in [1.807, 2.05) is 19.1 Å². The molecule has 0 unspecified atom stereocenters. The molecule has 0 saturated carbocycles. The summed E-state index contributed by atoms with van der Waals surface area (Å²) in [6, 6.07) is 3.62. The fourth-order valence-electron chi connectivity index (χ4n) is 4.62. The van der Waals surface area contributed by atoms with Crippen molar-refractivity contribution in [2.75, 3.05) is 7.11 Å². The van der Waals surface area contributed by atoms with Gasteiger partial charge in [-0.3, -0.25) is 14.6 Å². The normalized spacial score (nSPS) is 28.4. The fourth-order valence-corrected chi connectivity index (χ4v) is 4.62. The van der Waals surface area contributed by atoms with Gasteiger partial charge in [-0.15, -0.1) is 0 Å². The fraction of sp³-hybridized carbons (Fsp3) is 0.381. The number of allylic oxidation sites excluding steroid dienone is 2. The van der Waals surface area contributed by atoms with Gasteiger partial charge in [0.2, 0.25) is 5.88 Å². The second-order valence-corrected chi connectivity index (χ2v) is 7.70. The number of ketones is 1. The highest BCUT2D eigenvalue weighted by molar-refractivity contribution is 6.09. The molecule has 4 rings (SSSR count). The summed E-state index contributed by atoms with van der Waals surface area (Å²) in [6.45, 7) is 3.47. The lowest BCUT2D eigenvalue weighted by molar-refractivity contribution is -0.158. The Labute approximate surface area is 162 Å². The molecule has 0 amide bonds. The van der Waals surface area contributed by atoms with Crippen molar-refractivity contribution < 1.29 is 19.4 Å². The average Bonchev–Trinajstić information content (AvgIpc) is 2.71. The van der Waals surface area contributed by atoms with E-state index in [9.17, 15) is 14.7 Å². The van der Waals surface area contributed by atoms with Gasteiger partial charge in [0.15, 0.2) is 11.6 Å². The molecule has 7 heteroatoms. The van der Waals surface area contributed by atoms with E-state index in [2.05, 4.69) is 9.97 Å². The van der Waals surface area contributed by atoms with Crippen LogP contribution in [0, 0.1) is 11.3 Å². The summed E-state index contributed by atoms with van der Waals surface area (Å²) in [5, 5.41) is 9.88. The number of fused-ring (bicyclic) bond motifs is 3. The van der Waals surface area contributed by atoms with Crippen LogP contribution in [-0.2, 0) is 21.4 Å². The lowest BCUT2D eigenvalue weighted by Gasteiger charge is -2.48. The third-order valence-corrected chi connectivity index (χ3v) is 6.25. The van der Waals surface area contributed by atoms with E-state index in [4.69, 9.17) is 9.72 Å². The Balaban J connectivity index is 1.96. The van der Waals surface area contributed by atoms with Crippen LogP contribution in [0.4, 0.5) is 0 Å². The van der Waals surface area contributed by atoms with E-state index in [0.29, 0.717) is 24.5 Å². The molecule has 1 N–H and O–H groups in total. The summed E-state index contributed by atoms with van der Waals surface area (Å²) >= 11 is 0. The first-order chi connectivity index (χ1) is 13.3. The van der Waals surface area contributed by atoms with Crippen molar-refractivity contribution in [1.82, 2.24) is 15.0 Å². The molecule has 2 aliphatic rings. The Kier molecular flexibility index (Phi) is 4.06. The molecule has 2 aromatic rings. The van der Waals surface area contributed by atoms with Gasteiger partial charge < -0.3 is 9.84 Å². The first-order valence-electron chi connectivity index (χ1n) is 9.15. The van der Waals surface area contributed by atoms with Gasteiger partial charge in [-0.05, 0) is 43.9 Å². The molecule has 2 aliphatic carbocycles. The van der Waals surface area contributed by atoms with Gasteiger partial charge in [-0.1, -0.05) is 13.0 Å². The zero-order valence-electron chi connectivity index (χ0n) is 16.0. The molecular formula is C21H21N3O4. The van der Waals surface area contributed by atoms with Crippen LogP contribution in [0.2, 0.25) is 0 Å². The van der Waals surface area contributed by atoms with Crippen molar-refractivity contribution in [2.45, 2.75) is 32.1 Å². The number of ether oxygens (including phenoxy) is 1. The van der Waals surface area contributed by atoms with Crippen molar-refractivity contribution in [1.29, 1.82) is 0 Å². The summed E-state index contributed by atoms with van der Waals surface area (Å²) in [7, 11) is 1.56. The molecule has 3 atom stereocenters. The van der Waals surface area contributed by atoms with E-state index in [-0.39, 0.29) is 5.78 Å². The molecule has 2 aromatic heterocycles. The monoisotopic (exact) mass is 379 g/mol. The van der Waals surface area contributed by atoms with Gasteiger partial charge in [0.05, 0.1) is 12.8 Å². The number of aliphatic carboxylic acids is 1. The molecule has 28 heavy (non-hydrogen) atoms. The summed E-state index contributed by atoms with van der Waals surface area (Å²) in [5.41, 5.74) is 0.172. The Hall–Kier alpha value is -3.09. The maximum absolute atomic E-state index is 12.5. The SMILES string of the molecule is COc1nc(-c2ccncc2)nc2c1CC[C@@H]1[C@@](C)(C(=O)O)C(=O)C=C[C@@]21C. The molecule has 0 saturated heterocycles. The van der Waals surface area contributed by atoms with Crippen LogP contribution in [0.25, 0.3) is 11.4 Å². The van der Waals surface area contributed by atoms with Gasteiger partial charge >= 0.3 is 5.97 Å². The van der Waals surface area contributed by atoms with Crippen LogP contribution in [0.15, 0.2) is 36.7 Å². The number of hydrogen-bond acceptors (Lipinski definition) is 6. The highest BCUT2D eigenvalue weighted by atomic mass is 16.5. The summed E-state index contributed by atoms with van der Waals surface area (Å²) in [4.78, 5) is 38.0. The first kappa shape index (κ1) is 18.3. The summed E-state index contributed by atoms with van der Waals surface area (Å²) in [6.07, 6.45) is 7.60.